The summed E-state index contributed by atoms with van der Waals surface area (Å²) in [6.07, 6.45) is 0.0312. The summed E-state index contributed by atoms with van der Waals surface area (Å²) < 4.78 is 26.1. The summed E-state index contributed by atoms with van der Waals surface area (Å²) >= 11 is 0. The van der Waals surface area contributed by atoms with E-state index in [1.807, 2.05) is 0 Å². The zero-order valence-corrected chi connectivity index (χ0v) is 9.99. The van der Waals surface area contributed by atoms with Crippen LogP contribution >= 0.6 is 0 Å². The van der Waals surface area contributed by atoms with Crippen LogP contribution in [0.4, 0.5) is 20.2 Å². The Morgan fingerprint density at radius 3 is 2.58 bits per heavy atom. The van der Waals surface area contributed by atoms with E-state index in [2.05, 4.69) is 5.32 Å². The van der Waals surface area contributed by atoms with Crippen molar-refractivity contribution in [3.8, 4) is 0 Å². The van der Waals surface area contributed by atoms with Crippen molar-refractivity contribution >= 4 is 17.3 Å². The zero-order valence-electron chi connectivity index (χ0n) is 9.99. The van der Waals surface area contributed by atoms with Gasteiger partial charge in [0.2, 0.25) is 5.91 Å². The van der Waals surface area contributed by atoms with Crippen LogP contribution in [0.3, 0.4) is 0 Å². The summed E-state index contributed by atoms with van der Waals surface area (Å²) in [4.78, 5) is 11.7. The molecule has 0 radical (unpaired) electrons. The van der Waals surface area contributed by atoms with Gasteiger partial charge in [-0.25, -0.2) is 8.78 Å². The molecule has 0 saturated heterocycles. The smallest absolute Gasteiger partial charge is 0.228 e. The fourth-order valence-electron chi connectivity index (χ4n) is 1.65. The molecular formula is C14H12F2N2O. The van der Waals surface area contributed by atoms with Crippen molar-refractivity contribution in [3.63, 3.8) is 0 Å². The van der Waals surface area contributed by atoms with E-state index in [1.54, 1.807) is 24.3 Å². The number of halogens is 2. The molecule has 2 aromatic carbocycles. The van der Waals surface area contributed by atoms with Crippen molar-refractivity contribution in [1.82, 2.24) is 0 Å². The van der Waals surface area contributed by atoms with E-state index in [0.717, 1.165) is 6.07 Å². The number of para-hydroxylation sites is 1. The molecule has 0 unspecified atom stereocenters. The van der Waals surface area contributed by atoms with Crippen molar-refractivity contribution in [2.45, 2.75) is 6.42 Å². The molecule has 0 bridgehead atoms. The molecule has 0 atom stereocenters. The molecule has 0 aliphatic heterocycles. The van der Waals surface area contributed by atoms with Crippen molar-refractivity contribution in [1.29, 1.82) is 0 Å². The number of nitrogen functional groups attached to an aromatic ring is 1. The van der Waals surface area contributed by atoms with Crippen LogP contribution in [-0.4, -0.2) is 5.91 Å². The molecule has 0 aromatic heterocycles. The molecule has 0 fully saturated rings. The van der Waals surface area contributed by atoms with Crippen LogP contribution < -0.4 is 11.1 Å². The molecule has 19 heavy (non-hydrogen) atoms. The first-order valence-corrected chi connectivity index (χ1v) is 5.64. The topological polar surface area (TPSA) is 55.1 Å². The third-order valence-corrected chi connectivity index (χ3v) is 2.61. The SMILES string of the molecule is Nc1ccccc1CC(=O)Nc1ccc(F)cc1F. The van der Waals surface area contributed by atoms with Crippen LogP contribution in [0.1, 0.15) is 5.56 Å². The van der Waals surface area contributed by atoms with Gasteiger partial charge in [-0.2, -0.15) is 0 Å². The zero-order chi connectivity index (χ0) is 13.8. The first kappa shape index (κ1) is 13.0. The molecule has 0 aliphatic rings. The quantitative estimate of drug-likeness (QED) is 0.836. The number of nitrogens with one attached hydrogen (secondary N) is 1. The number of nitrogens with two attached hydrogens (primary N) is 1. The van der Waals surface area contributed by atoms with Gasteiger partial charge < -0.3 is 11.1 Å². The predicted octanol–water partition coefficient (Wildman–Crippen LogP) is 2.73. The van der Waals surface area contributed by atoms with Gasteiger partial charge in [-0.3, -0.25) is 4.79 Å². The number of hydrogen-bond donors (Lipinski definition) is 2. The average molecular weight is 262 g/mol. The van der Waals surface area contributed by atoms with E-state index in [-0.39, 0.29) is 12.1 Å². The third-order valence-electron chi connectivity index (χ3n) is 2.61. The lowest BCUT2D eigenvalue weighted by Gasteiger charge is -2.08. The maximum Gasteiger partial charge on any atom is 0.228 e. The maximum atomic E-state index is 13.3. The monoisotopic (exact) mass is 262 g/mol. The second-order valence-corrected chi connectivity index (χ2v) is 4.05. The van der Waals surface area contributed by atoms with Gasteiger partial charge in [0.05, 0.1) is 12.1 Å². The minimum atomic E-state index is -0.811. The Balaban J connectivity index is 2.08. The molecule has 0 heterocycles. The van der Waals surface area contributed by atoms with E-state index in [9.17, 15) is 13.6 Å². The number of hydrogen-bond acceptors (Lipinski definition) is 2. The molecule has 0 saturated carbocycles. The van der Waals surface area contributed by atoms with Crippen LogP contribution in [0.15, 0.2) is 42.5 Å². The van der Waals surface area contributed by atoms with Gasteiger partial charge in [-0.1, -0.05) is 18.2 Å². The van der Waals surface area contributed by atoms with Crippen LogP contribution in [0, 0.1) is 11.6 Å². The number of carbonyl (C=O) groups excluding carboxylic acids is 1. The van der Waals surface area contributed by atoms with Gasteiger partial charge in [0, 0.05) is 11.8 Å². The van der Waals surface area contributed by atoms with Gasteiger partial charge in [-0.05, 0) is 23.8 Å². The fourth-order valence-corrected chi connectivity index (χ4v) is 1.65. The standard InChI is InChI=1S/C14H12F2N2O/c15-10-5-6-13(11(16)8-10)18-14(19)7-9-3-1-2-4-12(9)17/h1-6,8H,7,17H2,(H,18,19). The van der Waals surface area contributed by atoms with E-state index in [4.69, 9.17) is 5.73 Å². The molecule has 98 valence electrons. The summed E-state index contributed by atoms with van der Waals surface area (Å²) in [5, 5.41) is 2.38. The molecule has 3 nitrogen and oxygen atoms in total. The van der Waals surface area contributed by atoms with Crippen LogP contribution in [0.2, 0.25) is 0 Å². The Morgan fingerprint density at radius 2 is 1.89 bits per heavy atom. The minimum absolute atomic E-state index is 0.0312. The molecule has 2 aromatic rings. The van der Waals surface area contributed by atoms with Gasteiger partial charge >= 0.3 is 0 Å². The predicted molar refractivity (Wildman–Crippen MR) is 69.5 cm³/mol. The highest BCUT2D eigenvalue weighted by atomic mass is 19.1. The molecule has 5 heteroatoms. The third kappa shape index (κ3) is 3.28. The lowest BCUT2D eigenvalue weighted by molar-refractivity contribution is -0.115. The summed E-state index contributed by atoms with van der Waals surface area (Å²) in [5.41, 5.74) is 6.81. The van der Waals surface area contributed by atoms with Crippen molar-refractivity contribution in [2.75, 3.05) is 11.1 Å². The summed E-state index contributed by atoms with van der Waals surface area (Å²) in [5.74, 6) is -1.92. The lowest BCUT2D eigenvalue weighted by atomic mass is 10.1. The maximum absolute atomic E-state index is 13.3. The Kier molecular flexibility index (Phi) is 3.75. The second-order valence-electron chi connectivity index (χ2n) is 4.05. The number of rotatable bonds is 3. The summed E-state index contributed by atoms with van der Waals surface area (Å²) in [7, 11) is 0. The minimum Gasteiger partial charge on any atom is -0.398 e. The Labute approximate surface area is 109 Å². The normalized spacial score (nSPS) is 10.2. The highest BCUT2D eigenvalue weighted by Crippen LogP contribution is 2.16. The Morgan fingerprint density at radius 1 is 1.16 bits per heavy atom. The molecule has 0 aliphatic carbocycles. The lowest BCUT2D eigenvalue weighted by Crippen LogP contribution is -2.16. The second kappa shape index (κ2) is 5.48. The summed E-state index contributed by atoms with van der Waals surface area (Å²) in [6, 6.07) is 9.89. The van der Waals surface area contributed by atoms with Crippen molar-refractivity contribution in [3.05, 3.63) is 59.7 Å². The number of anilines is 2. The number of carbonyl (C=O) groups is 1. The van der Waals surface area contributed by atoms with E-state index < -0.39 is 17.5 Å². The highest BCUT2D eigenvalue weighted by molar-refractivity contribution is 5.93. The molecule has 2 rings (SSSR count). The van der Waals surface area contributed by atoms with E-state index in [0.29, 0.717) is 17.3 Å². The Bertz CT molecular complexity index is 614. The molecule has 1 amide bonds. The average Bonchev–Trinajstić information content (AvgIpc) is 2.36. The van der Waals surface area contributed by atoms with Crippen molar-refractivity contribution in [2.24, 2.45) is 0 Å². The Hall–Kier alpha value is -2.43. The van der Waals surface area contributed by atoms with E-state index >= 15 is 0 Å². The van der Waals surface area contributed by atoms with E-state index in [1.165, 1.54) is 6.07 Å². The molecule has 0 spiro atoms. The van der Waals surface area contributed by atoms with Crippen LogP contribution in [-0.2, 0) is 11.2 Å². The van der Waals surface area contributed by atoms with Gasteiger partial charge in [0.15, 0.2) is 0 Å². The number of benzene rings is 2. The highest BCUT2D eigenvalue weighted by Gasteiger charge is 2.09. The molecular weight excluding hydrogens is 250 g/mol. The van der Waals surface area contributed by atoms with Crippen molar-refractivity contribution < 1.29 is 13.6 Å². The van der Waals surface area contributed by atoms with Gasteiger partial charge in [-0.15, -0.1) is 0 Å². The summed E-state index contributed by atoms with van der Waals surface area (Å²) in [6.45, 7) is 0. The number of amides is 1. The fraction of sp³-hybridized carbons (Fsp3) is 0.0714. The van der Waals surface area contributed by atoms with Gasteiger partial charge in [0.1, 0.15) is 11.6 Å². The molecule has 3 N–H and O–H groups in total. The van der Waals surface area contributed by atoms with Crippen LogP contribution in [0.25, 0.3) is 0 Å². The first-order valence-electron chi connectivity index (χ1n) is 5.64. The largest absolute Gasteiger partial charge is 0.398 e. The van der Waals surface area contributed by atoms with Gasteiger partial charge in [0.25, 0.3) is 0 Å². The first-order chi connectivity index (χ1) is 9.06. The van der Waals surface area contributed by atoms with Crippen LogP contribution in [0.5, 0.6) is 0 Å².